The van der Waals surface area contributed by atoms with E-state index < -0.39 is 10.8 Å². The maximum absolute atomic E-state index is 5.52. The van der Waals surface area contributed by atoms with Crippen molar-refractivity contribution in [2.45, 2.75) is 30.1 Å². The molecular weight excluding hydrogens is 785 g/mol. The quantitative estimate of drug-likeness (QED) is 0.177. The molecule has 65 heavy (non-hydrogen) atoms. The van der Waals surface area contributed by atoms with E-state index >= 15 is 0 Å². The number of rotatable bonds is 3. The molecular formula is C63H42N2. The summed E-state index contributed by atoms with van der Waals surface area (Å²) in [5, 5.41) is 0. The molecule has 0 fully saturated rings. The fourth-order valence-electron chi connectivity index (χ4n) is 12.7. The van der Waals surface area contributed by atoms with Crippen LogP contribution in [0.3, 0.4) is 0 Å². The Hall–Kier alpha value is -7.94. The molecule has 0 amide bonds. The van der Waals surface area contributed by atoms with E-state index in [1.807, 2.05) is 0 Å². The van der Waals surface area contributed by atoms with Crippen LogP contribution in [0.1, 0.15) is 69.5 Å². The standard InChI is InChI=1S/C63H42N2/c1-61(2)48-24-10-6-20-42(48)46-35-33-41(37-56(46)61)60-64-58(39-18-4-3-5-19-39)38-59(65-60)40-32-34-47-45-23-9-13-27-51(45)63(57(47)36-40)54-30-16-14-28-52(54)62(53-29-15-17-31-55(53)63)49-25-11-7-21-43(49)44-22-8-12-26-50(44)62/h3-38H,1-2H3. The minimum Gasteiger partial charge on any atom is -0.228 e. The molecule has 1 aromatic heterocycles. The first-order chi connectivity index (χ1) is 32.0. The summed E-state index contributed by atoms with van der Waals surface area (Å²) in [5.74, 6) is 0.725. The molecule has 0 N–H and O–H groups in total. The molecule has 0 radical (unpaired) electrons. The average Bonchev–Trinajstić information content (AvgIpc) is 3.92. The van der Waals surface area contributed by atoms with Gasteiger partial charge >= 0.3 is 0 Å². The zero-order chi connectivity index (χ0) is 43.1. The van der Waals surface area contributed by atoms with Crippen molar-refractivity contribution in [1.29, 1.82) is 0 Å². The minimum absolute atomic E-state index is 0.140. The molecule has 0 saturated heterocycles. The summed E-state index contributed by atoms with van der Waals surface area (Å²) in [5.41, 5.74) is 24.8. The highest BCUT2D eigenvalue weighted by molar-refractivity contribution is 5.94. The van der Waals surface area contributed by atoms with E-state index in [9.17, 15) is 0 Å². The highest BCUT2D eigenvalue weighted by Crippen LogP contribution is 2.67. The second-order valence-electron chi connectivity index (χ2n) is 18.7. The third kappa shape index (κ3) is 4.63. The van der Waals surface area contributed by atoms with Gasteiger partial charge in [-0.3, -0.25) is 0 Å². The van der Waals surface area contributed by atoms with Crippen molar-refractivity contribution < 1.29 is 0 Å². The van der Waals surface area contributed by atoms with Crippen LogP contribution in [0, 0.1) is 0 Å². The lowest BCUT2D eigenvalue weighted by atomic mass is 9.52. The lowest BCUT2D eigenvalue weighted by Crippen LogP contribution is -2.43. The first-order valence-electron chi connectivity index (χ1n) is 22.8. The molecule has 1 heterocycles. The third-order valence-electron chi connectivity index (χ3n) is 15.4. The maximum atomic E-state index is 5.52. The lowest BCUT2D eigenvalue weighted by Gasteiger charge is -2.48. The Kier molecular flexibility index (Phi) is 7.34. The van der Waals surface area contributed by atoms with E-state index in [0.29, 0.717) is 0 Å². The molecule has 4 aliphatic rings. The van der Waals surface area contributed by atoms with Crippen LogP contribution in [0.5, 0.6) is 0 Å². The Morgan fingerprint density at radius 3 is 1.14 bits per heavy atom. The van der Waals surface area contributed by atoms with Crippen molar-refractivity contribution in [3.8, 4) is 67.3 Å². The van der Waals surface area contributed by atoms with E-state index in [0.717, 1.165) is 33.9 Å². The van der Waals surface area contributed by atoms with Crippen molar-refractivity contribution in [3.63, 3.8) is 0 Å². The van der Waals surface area contributed by atoms with Crippen molar-refractivity contribution in [3.05, 3.63) is 274 Å². The fourth-order valence-corrected chi connectivity index (χ4v) is 12.7. The van der Waals surface area contributed by atoms with E-state index in [2.05, 4.69) is 232 Å². The maximum Gasteiger partial charge on any atom is 0.160 e. The van der Waals surface area contributed by atoms with Crippen molar-refractivity contribution in [1.82, 2.24) is 9.97 Å². The first kappa shape index (κ1) is 36.5. The summed E-state index contributed by atoms with van der Waals surface area (Å²) >= 11 is 0. The second-order valence-corrected chi connectivity index (χ2v) is 18.7. The van der Waals surface area contributed by atoms with E-state index in [1.165, 1.54) is 89.0 Å². The molecule has 0 bridgehead atoms. The second kappa shape index (κ2) is 13.1. The van der Waals surface area contributed by atoms with Crippen LogP contribution in [0.4, 0.5) is 0 Å². The van der Waals surface area contributed by atoms with Crippen LogP contribution < -0.4 is 0 Å². The van der Waals surface area contributed by atoms with Gasteiger partial charge < -0.3 is 0 Å². The normalized spacial score (nSPS) is 15.3. The molecule has 2 nitrogen and oxygen atoms in total. The Balaban J connectivity index is 1.02. The van der Waals surface area contributed by atoms with Gasteiger partial charge in [-0.2, -0.15) is 0 Å². The number of fused-ring (bicyclic) bond motifs is 19. The van der Waals surface area contributed by atoms with Gasteiger partial charge in [0, 0.05) is 22.1 Å². The zero-order valence-corrected chi connectivity index (χ0v) is 36.2. The van der Waals surface area contributed by atoms with Gasteiger partial charge in [0.1, 0.15) is 0 Å². The Morgan fingerprint density at radius 2 is 0.615 bits per heavy atom. The molecule has 0 saturated carbocycles. The van der Waals surface area contributed by atoms with Gasteiger partial charge in [0.15, 0.2) is 5.82 Å². The van der Waals surface area contributed by atoms with Gasteiger partial charge in [-0.1, -0.05) is 214 Å². The molecule has 304 valence electrons. The molecule has 0 atom stereocenters. The van der Waals surface area contributed by atoms with Gasteiger partial charge in [0.25, 0.3) is 0 Å². The summed E-state index contributed by atoms with van der Waals surface area (Å²) in [6.07, 6.45) is 0. The topological polar surface area (TPSA) is 25.8 Å². The van der Waals surface area contributed by atoms with Crippen LogP contribution >= 0.6 is 0 Å². The summed E-state index contributed by atoms with van der Waals surface area (Å²) < 4.78 is 0. The third-order valence-corrected chi connectivity index (χ3v) is 15.4. The minimum atomic E-state index is -0.592. The molecule has 9 aromatic carbocycles. The SMILES string of the molecule is CC1(C)c2ccccc2-c2ccc(-c3nc(-c4ccccc4)cc(-c4ccc5c(c4)C4(c6ccccc6-5)c5ccccc5C5(c6ccccc6-c6ccccc65)c5ccccc54)n3)cc21. The smallest absolute Gasteiger partial charge is 0.160 e. The van der Waals surface area contributed by atoms with Crippen LogP contribution in [-0.4, -0.2) is 9.97 Å². The zero-order valence-electron chi connectivity index (χ0n) is 36.2. The van der Waals surface area contributed by atoms with Crippen molar-refractivity contribution in [2.75, 3.05) is 0 Å². The Bertz CT molecular complexity index is 3550. The van der Waals surface area contributed by atoms with Gasteiger partial charge in [-0.15, -0.1) is 0 Å². The van der Waals surface area contributed by atoms with Crippen LogP contribution in [0.25, 0.3) is 67.3 Å². The largest absolute Gasteiger partial charge is 0.228 e. The molecule has 2 heteroatoms. The van der Waals surface area contributed by atoms with Gasteiger partial charge in [0.2, 0.25) is 0 Å². The number of nitrogens with zero attached hydrogens (tertiary/aromatic N) is 2. The molecule has 10 aromatic rings. The lowest BCUT2D eigenvalue weighted by molar-refractivity contribution is 0.633. The summed E-state index contributed by atoms with van der Waals surface area (Å²) in [4.78, 5) is 10.9. The number of aromatic nitrogens is 2. The molecule has 0 aliphatic heterocycles. The molecule has 4 aliphatic carbocycles. The molecule has 2 spiro atoms. The average molecular weight is 827 g/mol. The van der Waals surface area contributed by atoms with Gasteiger partial charge in [-0.05, 0) is 107 Å². The Morgan fingerprint density at radius 1 is 0.262 bits per heavy atom. The van der Waals surface area contributed by atoms with Crippen LogP contribution in [0.15, 0.2) is 218 Å². The van der Waals surface area contributed by atoms with E-state index in [-0.39, 0.29) is 5.41 Å². The first-order valence-corrected chi connectivity index (χ1v) is 22.8. The molecule has 0 unspecified atom stereocenters. The van der Waals surface area contributed by atoms with E-state index in [4.69, 9.17) is 9.97 Å². The highest BCUT2D eigenvalue weighted by Gasteiger charge is 2.58. The highest BCUT2D eigenvalue weighted by atomic mass is 14.9. The monoisotopic (exact) mass is 826 g/mol. The Labute approximate surface area is 379 Å². The number of benzene rings is 9. The summed E-state index contributed by atoms with van der Waals surface area (Å²) in [6, 6.07) is 81.4. The number of hydrogen-bond acceptors (Lipinski definition) is 2. The molecule has 14 rings (SSSR count). The predicted octanol–water partition coefficient (Wildman–Crippen LogP) is 14.8. The van der Waals surface area contributed by atoms with Gasteiger partial charge in [0.05, 0.1) is 22.2 Å². The van der Waals surface area contributed by atoms with E-state index in [1.54, 1.807) is 0 Å². The predicted molar refractivity (Wildman–Crippen MR) is 264 cm³/mol. The van der Waals surface area contributed by atoms with Crippen molar-refractivity contribution in [2.24, 2.45) is 0 Å². The van der Waals surface area contributed by atoms with Crippen LogP contribution in [-0.2, 0) is 16.2 Å². The van der Waals surface area contributed by atoms with Crippen molar-refractivity contribution >= 4 is 0 Å². The van der Waals surface area contributed by atoms with Crippen LogP contribution in [0.2, 0.25) is 0 Å². The summed E-state index contributed by atoms with van der Waals surface area (Å²) in [6.45, 7) is 4.67. The number of hydrogen-bond donors (Lipinski definition) is 0. The summed E-state index contributed by atoms with van der Waals surface area (Å²) in [7, 11) is 0. The van der Waals surface area contributed by atoms with Gasteiger partial charge in [-0.25, -0.2) is 9.97 Å². The fraction of sp³-hybridized carbons (Fsp3) is 0.0794.